The number of carbonyl (C=O) groups excluding carboxylic acids is 2. The molecule has 0 spiro atoms. The molecule has 0 saturated carbocycles. The van der Waals surface area contributed by atoms with Crippen LogP contribution in [0.25, 0.3) is 0 Å². The number of ether oxygens (including phenoxy) is 1. The first-order valence-electron chi connectivity index (χ1n) is 5.98. The van der Waals surface area contributed by atoms with Gasteiger partial charge in [0.25, 0.3) is 5.91 Å². The van der Waals surface area contributed by atoms with Crippen molar-refractivity contribution in [2.45, 2.75) is 32.5 Å². The summed E-state index contributed by atoms with van der Waals surface area (Å²) in [6.45, 7) is 2.20. The van der Waals surface area contributed by atoms with Crippen LogP contribution in [0.2, 0.25) is 0 Å². The Bertz CT molecular complexity index is 345. The van der Waals surface area contributed by atoms with Crippen LogP contribution < -0.4 is 5.32 Å². The molecule has 0 aromatic carbocycles. The number of urea groups is 1. The highest BCUT2D eigenvalue weighted by Gasteiger charge is 2.39. The molecule has 0 aromatic heterocycles. The molecule has 5 nitrogen and oxygen atoms in total. The van der Waals surface area contributed by atoms with Crippen molar-refractivity contribution >= 4 is 11.9 Å². The van der Waals surface area contributed by atoms with Gasteiger partial charge < -0.3 is 10.1 Å². The van der Waals surface area contributed by atoms with E-state index in [1.165, 1.54) is 0 Å². The Labute approximate surface area is 109 Å². The number of nitrogens with zero attached hydrogens (tertiary/aromatic N) is 1. The molecule has 1 aliphatic rings. The maximum atomic E-state index is 11.8. The maximum absolute atomic E-state index is 11.8. The summed E-state index contributed by atoms with van der Waals surface area (Å²) in [5.41, 5.74) is 0. The fourth-order valence-electron chi connectivity index (χ4n) is 1.72. The molecule has 8 heteroatoms. The van der Waals surface area contributed by atoms with Gasteiger partial charge in [0.05, 0.1) is 0 Å². The minimum absolute atomic E-state index is 0.0251. The van der Waals surface area contributed by atoms with Crippen molar-refractivity contribution in [1.82, 2.24) is 10.2 Å². The van der Waals surface area contributed by atoms with E-state index in [1.807, 2.05) is 0 Å². The Morgan fingerprint density at radius 2 is 2.00 bits per heavy atom. The number of hydrogen-bond donors (Lipinski definition) is 1. The van der Waals surface area contributed by atoms with Crippen molar-refractivity contribution in [1.29, 1.82) is 0 Å². The van der Waals surface area contributed by atoms with E-state index in [0.717, 1.165) is 4.90 Å². The van der Waals surface area contributed by atoms with Crippen molar-refractivity contribution in [2.75, 3.05) is 19.8 Å². The number of carbonyl (C=O) groups is 2. The van der Waals surface area contributed by atoms with Crippen LogP contribution in [0.4, 0.5) is 18.0 Å². The van der Waals surface area contributed by atoms with Gasteiger partial charge in [-0.1, -0.05) is 13.8 Å². The fourth-order valence-corrected chi connectivity index (χ4v) is 1.72. The lowest BCUT2D eigenvalue weighted by Gasteiger charge is -2.14. The van der Waals surface area contributed by atoms with Crippen molar-refractivity contribution in [3.05, 3.63) is 0 Å². The van der Waals surface area contributed by atoms with Crippen LogP contribution in [0.3, 0.4) is 0 Å². The first kappa shape index (κ1) is 15.7. The molecule has 0 aliphatic carbocycles. The molecule has 1 rings (SSSR count). The molecule has 1 saturated heterocycles. The van der Waals surface area contributed by atoms with E-state index < -0.39 is 24.9 Å². The predicted molar refractivity (Wildman–Crippen MR) is 60.4 cm³/mol. The van der Waals surface area contributed by atoms with Gasteiger partial charge in [-0.05, 0) is 12.3 Å². The number of rotatable bonds is 6. The second kappa shape index (κ2) is 6.23. The Morgan fingerprint density at radius 3 is 2.47 bits per heavy atom. The molecule has 19 heavy (non-hydrogen) atoms. The molecule has 0 aromatic rings. The van der Waals surface area contributed by atoms with Crippen LogP contribution >= 0.6 is 0 Å². The van der Waals surface area contributed by atoms with E-state index in [9.17, 15) is 22.8 Å². The molecule has 0 radical (unpaired) electrons. The summed E-state index contributed by atoms with van der Waals surface area (Å²) in [5.74, 6) is -0.362. The fraction of sp³-hybridized carbons (Fsp3) is 0.818. The van der Waals surface area contributed by atoms with Gasteiger partial charge >= 0.3 is 12.2 Å². The number of hydrogen-bond acceptors (Lipinski definition) is 3. The van der Waals surface area contributed by atoms with E-state index in [4.69, 9.17) is 0 Å². The molecule has 1 fully saturated rings. The highest BCUT2D eigenvalue weighted by molar-refractivity contribution is 6.04. The second-order valence-corrected chi connectivity index (χ2v) is 4.68. The lowest BCUT2D eigenvalue weighted by Crippen LogP contribution is -2.35. The third kappa shape index (κ3) is 4.70. The van der Waals surface area contributed by atoms with E-state index >= 15 is 0 Å². The van der Waals surface area contributed by atoms with Gasteiger partial charge in [0.15, 0.2) is 0 Å². The lowest BCUT2D eigenvalue weighted by atomic mass is 10.1. The quantitative estimate of drug-likeness (QED) is 0.594. The van der Waals surface area contributed by atoms with Gasteiger partial charge in [0.1, 0.15) is 12.6 Å². The topological polar surface area (TPSA) is 58.6 Å². The average Bonchev–Trinajstić information content (AvgIpc) is 2.54. The monoisotopic (exact) mass is 282 g/mol. The number of halogens is 3. The van der Waals surface area contributed by atoms with Crippen LogP contribution in [0.15, 0.2) is 0 Å². The average molecular weight is 282 g/mol. The third-order valence-electron chi connectivity index (χ3n) is 2.66. The molecule has 0 unspecified atom stereocenters. The largest absolute Gasteiger partial charge is 0.411 e. The van der Waals surface area contributed by atoms with Crippen molar-refractivity contribution in [3.63, 3.8) is 0 Å². The summed E-state index contributed by atoms with van der Waals surface area (Å²) in [4.78, 5) is 24.3. The van der Waals surface area contributed by atoms with Gasteiger partial charge in [0.2, 0.25) is 0 Å². The first-order chi connectivity index (χ1) is 8.72. The summed E-state index contributed by atoms with van der Waals surface area (Å²) in [6, 6.07) is -1.05. The van der Waals surface area contributed by atoms with Crippen LogP contribution in [-0.4, -0.2) is 48.8 Å². The Morgan fingerprint density at radius 1 is 1.37 bits per heavy atom. The third-order valence-corrected chi connectivity index (χ3v) is 2.66. The molecule has 1 heterocycles. The molecule has 110 valence electrons. The number of alkyl halides is 3. The van der Waals surface area contributed by atoms with E-state index in [-0.39, 0.29) is 31.4 Å². The zero-order valence-electron chi connectivity index (χ0n) is 10.8. The summed E-state index contributed by atoms with van der Waals surface area (Å²) >= 11 is 0. The highest BCUT2D eigenvalue weighted by Crippen LogP contribution is 2.15. The maximum Gasteiger partial charge on any atom is 0.411 e. The number of amides is 3. The van der Waals surface area contributed by atoms with Crippen LogP contribution in [-0.2, 0) is 9.53 Å². The number of nitrogens with one attached hydrogen (secondary N) is 1. The van der Waals surface area contributed by atoms with Crippen LogP contribution in [0, 0.1) is 5.92 Å². The molecule has 3 amide bonds. The Balaban J connectivity index is 2.30. The SMILES string of the molecule is CC(C)[C@@H]1NC(=O)N(CCCOCC(F)(F)F)C1=O. The number of imide groups is 1. The molecular formula is C11H17F3N2O3. The van der Waals surface area contributed by atoms with Gasteiger partial charge in [-0.3, -0.25) is 9.69 Å². The second-order valence-electron chi connectivity index (χ2n) is 4.68. The highest BCUT2D eigenvalue weighted by atomic mass is 19.4. The van der Waals surface area contributed by atoms with Gasteiger partial charge in [-0.2, -0.15) is 13.2 Å². The first-order valence-corrected chi connectivity index (χ1v) is 5.98. The lowest BCUT2D eigenvalue weighted by molar-refractivity contribution is -0.174. The molecular weight excluding hydrogens is 265 g/mol. The van der Waals surface area contributed by atoms with Gasteiger partial charge in [-0.15, -0.1) is 0 Å². The summed E-state index contributed by atoms with van der Waals surface area (Å²) in [5, 5.41) is 2.53. The molecule has 1 atom stereocenters. The van der Waals surface area contributed by atoms with Crippen molar-refractivity contribution in [2.24, 2.45) is 5.92 Å². The van der Waals surface area contributed by atoms with Crippen LogP contribution in [0.5, 0.6) is 0 Å². The zero-order valence-corrected chi connectivity index (χ0v) is 10.8. The van der Waals surface area contributed by atoms with Crippen LogP contribution in [0.1, 0.15) is 20.3 Å². The standard InChI is InChI=1S/C11H17F3N2O3/c1-7(2)8-9(17)16(10(18)15-8)4-3-5-19-6-11(12,13)14/h7-8H,3-6H2,1-2H3,(H,15,18)/t8-/m0/s1. The van der Waals surface area contributed by atoms with E-state index in [1.54, 1.807) is 13.8 Å². The molecule has 1 N–H and O–H groups in total. The molecule has 0 bridgehead atoms. The van der Waals surface area contributed by atoms with Gasteiger partial charge in [-0.25, -0.2) is 4.79 Å². The Hall–Kier alpha value is -1.31. The zero-order chi connectivity index (χ0) is 14.6. The normalized spacial score (nSPS) is 20.3. The van der Waals surface area contributed by atoms with Gasteiger partial charge in [0, 0.05) is 13.2 Å². The van der Waals surface area contributed by atoms with E-state index in [0.29, 0.717) is 0 Å². The minimum Gasteiger partial charge on any atom is -0.372 e. The molecule has 1 aliphatic heterocycles. The van der Waals surface area contributed by atoms with Crippen molar-refractivity contribution in [3.8, 4) is 0 Å². The summed E-state index contributed by atoms with van der Waals surface area (Å²) in [7, 11) is 0. The summed E-state index contributed by atoms with van der Waals surface area (Å²) in [6.07, 6.45) is -4.18. The summed E-state index contributed by atoms with van der Waals surface area (Å²) < 4.78 is 39.8. The predicted octanol–water partition coefficient (Wildman–Crippen LogP) is 1.53. The van der Waals surface area contributed by atoms with Crippen molar-refractivity contribution < 1.29 is 27.5 Å². The van der Waals surface area contributed by atoms with E-state index in [2.05, 4.69) is 10.1 Å². The minimum atomic E-state index is -4.36. The smallest absolute Gasteiger partial charge is 0.372 e. The Kier molecular flexibility index (Phi) is 5.16.